The quantitative estimate of drug-likeness (QED) is 0.363. The highest BCUT2D eigenvalue weighted by atomic mass is 16.3. The molecule has 0 saturated heterocycles. The number of amides is 1. The van der Waals surface area contributed by atoms with Gasteiger partial charge in [0.1, 0.15) is 17.2 Å². The number of nitrogens with zero attached hydrogens (tertiary/aromatic N) is 2. The number of benzene rings is 3. The maximum absolute atomic E-state index is 12.8. The molecule has 1 amide bonds. The molecule has 1 aliphatic rings. The summed E-state index contributed by atoms with van der Waals surface area (Å²) in [5, 5.41) is 31.6. The molecule has 1 heterocycles. The van der Waals surface area contributed by atoms with Crippen molar-refractivity contribution < 1.29 is 20.1 Å². The van der Waals surface area contributed by atoms with E-state index in [0.717, 1.165) is 40.1 Å². The van der Waals surface area contributed by atoms with Crippen LogP contribution in [0.4, 0.5) is 5.82 Å². The molecule has 0 radical (unpaired) electrons. The van der Waals surface area contributed by atoms with Gasteiger partial charge in [0.15, 0.2) is 5.82 Å². The number of carbonyl (C=O) groups excluding carboxylic acids is 1. The molecule has 4 aromatic rings. The summed E-state index contributed by atoms with van der Waals surface area (Å²) in [4.78, 5) is 22.6. The van der Waals surface area contributed by atoms with E-state index in [1.807, 2.05) is 18.2 Å². The van der Waals surface area contributed by atoms with Gasteiger partial charge in [-0.05, 0) is 65.9 Å². The molecule has 170 valence electrons. The number of aryl methyl sites for hydroxylation is 2. The Balaban J connectivity index is 1.55. The van der Waals surface area contributed by atoms with Crippen molar-refractivity contribution in [2.45, 2.75) is 25.9 Å². The van der Waals surface area contributed by atoms with E-state index in [1.54, 1.807) is 48.5 Å². The number of fused-ring (bicyclic) bond motifs is 3. The zero-order valence-corrected chi connectivity index (χ0v) is 18.3. The van der Waals surface area contributed by atoms with Crippen LogP contribution in [0.3, 0.4) is 0 Å². The van der Waals surface area contributed by atoms with Gasteiger partial charge in [0.25, 0.3) is 0 Å². The first-order valence-electron chi connectivity index (χ1n) is 11.0. The van der Waals surface area contributed by atoms with Crippen molar-refractivity contribution in [3.63, 3.8) is 0 Å². The smallest absolute Gasteiger partial charge is 0.230 e. The zero-order chi connectivity index (χ0) is 23.7. The number of phenolic OH excluding ortho intramolecular Hbond substituents is 2. The van der Waals surface area contributed by atoms with Crippen LogP contribution in [0.1, 0.15) is 22.4 Å². The monoisotopic (exact) mass is 453 g/mol. The number of phenols is 2. The van der Waals surface area contributed by atoms with E-state index >= 15 is 0 Å². The molecule has 0 aliphatic heterocycles. The minimum Gasteiger partial charge on any atom is -0.508 e. The molecule has 7 nitrogen and oxygen atoms in total. The van der Waals surface area contributed by atoms with Crippen molar-refractivity contribution in [2.75, 3.05) is 5.32 Å². The number of aromatic hydroxyl groups is 2. The van der Waals surface area contributed by atoms with Crippen LogP contribution in [0.5, 0.6) is 11.5 Å². The second-order valence-corrected chi connectivity index (χ2v) is 8.30. The van der Waals surface area contributed by atoms with Gasteiger partial charge in [-0.3, -0.25) is 4.79 Å². The molecule has 0 bridgehead atoms. The molecule has 0 spiro atoms. The van der Waals surface area contributed by atoms with Gasteiger partial charge in [-0.25, -0.2) is 9.97 Å². The van der Waals surface area contributed by atoms with Gasteiger partial charge >= 0.3 is 0 Å². The Kier molecular flexibility index (Phi) is 5.69. The van der Waals surface area contributed by atoms with Crippen LogP contribution in [0, 0.1) is 0 Å². The Bertz CT molecular complexity index is 1370. The molecular weight excluding hydrogens is 430 g/mol. The summed E-state index contributed by atoms with van der Waals surface area (Å²) in [7, 11) is 0. The average Bonchev–Trinajstić information content (AvgIpc) is 2.85. The first kappa shape index (κ1) is 21.6. The second-order valence-electron chi connectivity index (χ2n) is 8.30. The van der Waals surface area contributed by atoms with Crippen molar-refractivity contribution in [1.29, 1.82) is 0 Å². The fraction of sp³-hybridized carbons (Fsp3) is 0.148. The van der Waals surface area contributed by atoms with Gasteiger partial charge in [-0.15, -0.1) is 0 Å². The Labute approximate surface area is 196 Å². The van der Waals surface area contributed by atoms with Crippen LogP contribution < -0.4 is 5.32 Å². The predicted octanol–water partition coefficient (Wildman–Crippen LogP) is 3.99. The van der Waals surface area contributed by atoms with Crippen LogP contribution >= 0.6 is 0 Å². The van der Waals surface area contributed by atoms with E-state index in [-0.39, 0.29) is 30.4 Å². The van der Waals surface area contributed by atoms with Crippen LogP contribution in [-0.2, 0) is 30.7 Å². The molecule has 4 N–H and O–H groups in total. The number of aliphatic hydroxyl groups excluding tert-OH is 1. The molecular formula is C27H23N3O4. The molecule has 0 unspecified atom stereocenters. The number of aliphatic hydroxyl groups is 1. The van der Waals surface area contributed by atoms with Crippen LogP contribution in [0.15, 0.2) is 66.7 Å². The number of rotatable bonds is 5. The van der Waals surface area contributed by atoms with Crippen LogP contribution in [0.2, 0.25) is 0 Å². The SMILES string of the molecule is O=C(Cc1ccc(O)cc1)Nc1nc2c(nc1-c1ccc(O)cc1)-c1ccc(CO)cc1CC2. The van der Waals surface area contributed by atoms with Gasteiger partial charge in [0.05, 0.1) is 24.4 Å². The van der Waals surface area contributed by atoms with Gasteiger partial charge in [0.2, 0.25) is 5.91 Å². The van der Waals surface area contributed by atoms with Crippen LogP contribution in [-0.4, -0.2) is 31.2 Å². The summed E-state index contributed by atoms with van der Waals surface area (Å²) in [6, 6.07) is 18.9. The Morgan fingerprint density at radius 1 is 0.824 bits per heavy atom. The molecule has 0 fully saturated rings. The highest BCUT2D eigenvalue weighted by Crippen LogP contribution is 2.36. The molecule has 1 aromatic heterocycles. The maximum Gasteiger partial charge on any atom is 0.230 e. The van der Waals surface area contributed by atoms with Crippen molar-refractivity contribution >= 4 is 11.7 Å². The topological polar surface area (TPSA) is 116 Å². The molecule has 0 atom stereocenters. The highest BCUT2D eigenvalue weighted by molar-refractivity contribution is 5.95. The summed E-state index contributed by atoms with van der Waals surface area (Å²) < 4.78 is 0. The third kappa shape index (κ3) is 4.33. The molecule has 3 aromatic carbocycles. The number of hydrogen-bond donors (Lipinski definition) is 4. The minimum atomic E-state index is -0.247. The first-order valence-corrected chi connectivity index (χ1v) is 11.0. The highest BCUT2D eigenvalue weighted by Gasteiger charge is 2.23. The largest absolute Gasteiger partial charge is 0.508 e. The Hall–Kier alpha value is -4.23. The molecule has 1 aliphatic carbocycles. The second kappa shape index (κ2) is 8.96. The summed E-state index contributed by atoms with van der Waals surface area (Å²) in [5.41, 5.74) is 6.47. The average molecular weight is 453 g/mol. The first-order chi connectivity index (χ1) is 16.5. The summed E-state index contributed by atoms with van der Waals surface area (Å²) >= 11 is 0. The number of aromatic nitrogens is 2. The van der Waals surface area contributed by atoms with E-state index in [1.165, 1.54) is 0 Å². The number of nitrogens with one attached hydrogen (secondary N) is 1. The lowest BCUT2D eigenvalue weighted by Crippen LogP contribution is -2.19. The summed E-state index contributed by atoms with van der Waals surface area (Å²) in [5.74, 6) is 0.396. The number of anilines is 1. The predicted molar refractivity (Wildman–Crippen MR) is 128 cm³/mol. The third-order valence-corrected chi connectivity index (χ3v) is 5.91. The fourth-order valence-electron chi connectivity index (χ4n) is 4.18. The van der Waals surface area contributed by atoms with Gasteiger partial charge in [0, 0.05) is 11.1 Å². The van der Waals surface area contributed by atoms with Gasteiger partial charge in [-0.1, -0.05) is 30.3 Å². The number of hydrogen-bond acceptors (Lipinski definition) is 6. The van der Waals surface area contributed by atoms with E-state index < -0.39 is 0 Å². The van der Waals surface area contributed by atoms with Crippen molar-refractivity contribution in [3.05, 3.63) is 89.1 Å². The summed E-state index contributed by atoms with van der Waals surface area (Å²) in [6.07, 6.45) is 1.56. The van der Waals surface area contributed by atoms with Crippen molar-refractivity contribution in [3.8, 4) is 34.0 Å². The fourth-order valence-corrected chi connectivity index (χ4v) is 4.18. The van der Waals surface area contributed by atoms with Crippen LogP contribution in [0.25, 0.3) is 22.5 Å². The van der Waals surface area contributed by atoms with Gasteiger partial charge < -0.3 is 20.6 Å². The molecule has 5 rings (SSSR count). The lowest BCUT2D eigenvalue weighted by atomic mass is 9.90. The number of carbonyl (C=O) groups is 1. The van der Waals surface area contributed by atoms with E-state index in [4.69, 9.17) is 9.97 Å². The lowest BCUT2D eigenvalue weighted by Gasteiger charge is -2.21. The third-order valence-electron chi connectivity index (χ3n) is 5.91. The van der Waals surface area contributed by atoms with Crippen molar-refractivity contribution in [2.24, 2.45) is 0 Å². The van der Waals surface area contributed by atoms with E-state index in [0.29, 0.717) is 23.5 Å². The Morgan fingerprint density at radius 2 is 1.50 bits per heavy atom. The zero-order valence-electron chi connectivity index (χ0n) is 18.3. The van der Waals surface area contributed by atoms with Crippen molar-refractivity contribution in [1.82, 2.24) is 9.97 Å². The normalized spacial score (nSPS) is 12.0. The van der Waals surface area contributed by atoms with E-state index in [9.17, 15) is 20.1 Å². The molecule has 0 saturated carbocycles. The molecule has 34 heavy (non-hydrogen) atoms. The summed E-state index contributed by atoms with van der Waals surface area (Å²) in [6.45, 7) is -0.0173. The standard InChI is InChI=1S/C27H23N3O4/c31-15-17-3-11-22-19(13-17)6-12-23-26(22)30-25(18-4-9-21(33)10-5-18)27(28-23)29-24(34)14-16-1-7-20(32)8-2-16/h1-5,7-11,13,31-33H,6,12,14-15H2,(H,28,29,34). The lowest BCUT2D eigenvalue weighted by molar-refractivity contribution is -0.115. The minimum absolute atomic E-state index is 0.0173. The molecule has 7 heteroatoms. The van der Waals surface area contributed by atoms with E-state index in [2.05, 4.69) is 5.32 Å². The van der Waals surface area contributed by atoms with Gasteiger partial charge in [-0.2, -0.15) is 0 Å². The maximum atomic E-state index is 12.8. The Morgan fingerprint density at radius 3 is 2.21 bits per heavy atom.